The van der Waals surface area contributed by atoms with Crippen molar-refractivity contribution in [3.8, 4) is 5.75 Å². The zero-order valence-corrected chi connectivity index (χ0v) is 14.5. The predicted octanol–water partition coefficient (Wildman–Crippen LogP) is 4.19. The highest BCUT2D eigenvalue weighted by Gasteiger charge is 2.08. The third-order valence-corrected chi connectivity index (χ3v) is 3.47. The fourth-order valence-corrected chi connectivity index (χ4v) is 2.13. The van der Waals surface area contributed by atoms with E-state index in [0.29, 0.717) is 23.9 Å². The van der Waals surface area contributed by atoms with Crippen LogP contribution in [0.25, 0.3) is 0 Å². The Kier molecular flexibility index (Phi) is 6.61. The Labute approximate surface area is 143 Å². The van der Waals surface area contributed by atoms with Crippen LogP contribution in [-0.4, -0.2) is 24.0 Å². The van der Waals surface area contributed by atoms with E-state index in [1.54, 1.807) is 12.3 Å². The van der Waals surface area contributed by atoms with Gasteiger partial charge in [0.25, 0.3) is 5.91 Å². The van der Waals surface area contributed by atoms with E-state index in [1.807, 2.05) is 37.3 Å². The van der Waals surface area contributed by atoms with Gasteiger partial charge in [0.2, 0.25) is 0 Å². The van der Waals surface area contributed by atoms with Crippen LogP contribution in [-0.2, 0) is 0 Å². The van der Waals surface area contributed by atoms with Gasteiger partial charge in [0.15, 0.2) is 0 Å². The van der Waals surface area contributed by atoms with Gasteiger partial charge in [0.05, 0.1) is 18.5 Å². The largest absolute Gasteiger partial charge is 0.494 e. The number of hydrogen-bond acceptors (Lipinski definition) is 4. The molecule has 0 unspecified atom stereocenters. The number of nitrogens with zero attached hydrogens (tertiary/aromatic N) is 1. The Morgan fingerprint density at radius 1 is 1.12 bits per heavy atom. The topological polar surface area (TPSA) is 63.2 Å². The summed E-state index contributed by atoms with van der Waals surface area (Å²) in [5.74, 6) is 1.21. The van der Waals surface area contributed by atoms with Crippen LogP contribution in [0.15, 0.2) is 42.6 Å². The molecule has 1 aromatic carbocycles. The average Bonchev–Trinajstić information content (AvgIpc) is 2.57. The Morgan fingerprint density at radius 3 is 2.42 bits per heavy atom. The minimum Gasteiger partial charge on any atom is -0.494 e. The first-order chi connectivity index (χ1) is 11.6. The quantitative estimate of drug-likeness (QED) is 0.763. The summed E-state index contributed by atoms with van der Waals surface area (Å²) in [6.45, 7) is 7.83. The third-order valence-electron chi connectivity index (χ3n) is 3.47. The van der Waals surface area contributed by atoms with Gasteiger partial charge in [-0.2, -0.15) is 0 Å². The van der Waals surface area contributed by atoms with Crippen molar-refractivity contribution < 1.29 is 9.53 Å². The maximum atomic E-state index is 12.2. The molecule has 0 spiro atoms. The minimum absolute atomic E-state index is 0.229. The molecular weight excluding hydrogens is 302 g/mol. The lowest BCUT2D eigenvalue weighted by Crippen LogP contribution is -2.14. The molecule has 2 N–H and O–H groups in total. The highest BCUT2D eigenvalue weighted by atomic mass is 16.5. The molecule has 1 heterocycles. The number of aromatic nitrogens is 1. The van der Waals surface area contributed by atoms with Crippen molar-refractivity contribution in [2.75, 3.05) is 23.8 Å². The van der Waals surface area contributed by atoms with Crippen LogP contribution in [0.4, 0.5) is 11.4 Å². The summed E-state index contributed by atoms with van der Waals surface area (Å²) < 4.78 is 5.38. The number of amides is 1. The molecule has 0 aliphatic heterocycles. The van der Waals surface area contributed by atoms with Crippen LogP contribution in [0.1, 0.15) is 37.7 Å². The smallest absolute Gasteiger partial charge is 0.274 e. The molecule has 24 heavy (non-hydrogen) atoms. The van der Waals surface area contributed by atoms with Gasteiger partial charge in [-0.3, -0.25) is 4.79 Å². The summed E-state index contributed by atoms with van der Waals surface area (Å²) in [4.78, 5) is 16.4. The van der Waals surface area contributed by atoms with Gasteiger partial charge in [0, 0.05) is 12.2 Å². The molecule has 0 radical (unpaired) electrons. The number of benzene rings is 1. The van der Waals surface area contributed by atoms with E-state index < -0.39 is 0 Å². The van der Waals surface area contributed by atoms with Crippen LogP contribution < -0.4 is 15.4 Å². The molecule has 0 saturated heterocycles. The van der Waals surface area contributed by atoms with Crippen molar-refractivity contribution in [1.29, 1.82) is 0 Å². The molecule has 128 valence electrons. The van der Waals surface area contributed by atoms with E-state index in [1.165, 1.54) is 0 Å². The summed E-state index contributed by atoms with van der Waals surface area (Å²) in [5, 5.41) is 6.13. The number of pyridine rings is 1. The van der Waals surface area contributed by atoms with Crippen LogP contribution in [0.2, 0.25) is 0 Å². The maximum absolute atomic E-state index is 12.2. The molecule has 0 aliphatic rings. The van der Waals surface area contributed by atoms with E-state index in [4.69, 9.17) is 4.74 Å². The fraction of sp³-hybridized carbons (Fsp3) is 0.368. The standard InChI is InChI=1S/C19H25N3O2/c1-4-24-17-8-5-15(6-9-17)22-19(23)18-10-7-16(13-21-18)20-12-11-14(2)3/h5-10,13-14,20H,4,11-12H2,1-3H3,(H,22,23). The van der Waals surface area contributed by atoms with Crippen molar-refractivity contribution in [3.63, 3.8) is 0 Å². The molecule has 2 aromatic rings. The zero-order valence-electron chi connectivity index (χ0n) is 14.5. The molecule has 1 aromatic heterocycles. The molecule has 0 saturated carbocycles. The van der Waals surface area contributed by atoms with Gasteiger partial charge in [-0.25, -0.2) is 4.98 Å². The first-order valence-corrected chi connectivity index (χ1v) is 8.32. The van der Waals surface area contributed by atoms with Crippen LogP contribution >= 0.6 is 0 Å². The highest BCUT2D eigenvalue weighted by molar-refractivity contribution is 6.02. The van der Waals surface area contributed by atoms with E-state index >= 15 is 0 Å². The maximum Gasteiger partial charge on any atom is 0.274 e. The average molecular weight is 327 g/mol. The second kappa shape index (κ2) is 8.91. The summed E-state index contributed by atoms with van der Waals surface area (Å²) in [6, 6.07) is 10.9. The Bertz CT molecular complexity index is 637. The molecule has 0 aliphatic carbocycles. The van der Waals surface area contributed by atoms with Crippen LogP contribution in [0, 0.1) is 5.92 Å². The van der Waals surface area contributed by atoms with E-state index in [9.17, 15) is 4.79 Å². The predicted molar refractivity (Wildman–Crippen MR) is 97.7 cm³/mol. The summed E-state index contributed by atoms with van der Waals surface area (Å²) >= 11 is 0. The van der Waals surface area contributed by atoms with Crippen LogP contribution in [0.5, 0.6) is 5.75 Å². The second-order valence-corrected chi connectivity index (χ2v) is 5.95. The summed E-state index contributed by atoms with van der Waals surface area (Å²) in [7, 11) is 0. The number of carbonyl (C=O) groups is 1. The first-order valence-electron chi connectivity index (χ1n) is 8.32. The van der Waals surface area contributed by atoms with Gasteiger partial charge >= 0.3 is 0 Å². The normalized spacial score (nSPS) is 10.5. The van der Waals surface area contributed by atoms with E-state index in [0.717, 1.165) is 24.4 Å². The molecule has 1 amide bonds. The molecule has 0 fully saturated rings. The Balaban J connectivity index is 1.89. The van der Waals surface area contributed by atoms with Gasteiger partial charge in [-0.15, -0.1) is 0 Å². The Hall–Kier alpha value is -2.56. The lowest BCUT2D eigenvalue weighted by atomic mass is 10.1. The number of hydrogen-bond donors (Lipinski definition) is 2. The number of carbonyl (C=O) groups excluding carboxylic acids is 1. The van der Waals surface area contributed by atoms with E-state index in [-0.39, 0.29) is 5.91 Å². The summed E-state index contributed by atoms with van der Waals surface area (Å²) in [6.07, 6.45) is 2.79. The molecule has 2 rings (SSSR count). The molecular formula is C19H25N3O2. The zero-order chi connectivity index (χ0) is 17.4. The Morgan fingerprint density at radius 2 is 1.83 bits per heavy atom. The van der Waals surface area contributed by atoms with E-state index in [2.05, 4.69) is 29.5 Å². The van der Waals surface area contributed by atoms with Crippen LogP contribution in [0.3, 0.4) is 0 Å². The number of ether oxygens (including phenoxy) is 1. The lowest BCUT2D eigenvalue weighted by molar-refractivity contribution is 0.102. The lowest BCUT2D eigenvalue weighted by Gasteiger charge is -2.09. The van der Waals surface area contributed by atoms with Crippen molar-refractivity contribution in [3.05, 3.63) is 48.3 Å². The van der Waals surface area contributed by atoms with Crippen molar-refractivity contribution >= 4 is 17.3 Å². The number of rotatable bonds is 8. The van der Waals surface area contributed by atoms with Crippen molar-refractivity contribution in [1.82, 2.24) is 4.98 Å². The van der Waals surface area contributed by atoms with Crippen molar-refractivity contribution in [2.24, 2.45) is 5.92 Å². The number of nitrogens with one attached hydrogen (secondary N) is 2. The fourth-order valence-electron chi connectivity index (χ4n) is 2.13. The van der Waals surface area contributed by atoms with Gasteiger partial charge < -0.3 is 15.4 Å². The monoisotopic (exact) mass is 327 g/mol. The van der Waals surface area contributed by atoms with Gasteiger partial charge in [-0.05, 0) is 55.7 Å². The first kappa shape index (κ1) is 17.8. The highest BCUT2D eigenvalue weighted by Crippen LogP contribution is 2.16. The third kappa shape index (κ3) is 5.57. The van der Waals surface area contributed by atoms with Gasteiger partial charge in [0.1, 0.15) is 11.4 Å². The SMILES string of the molecule is CCOc1ccc(NC(=O)c2ccc(NCCC(C)C)cn2)cc1. The molecule has 0 bridgehead atoms. The number of anilines is 2. The molecule has 5 heteroatoms. The van der Waals surface area contributed by atoms with Crippen molar-refractivity contribution in [2.45, 2.75) is 27.2 Å². The molecule has 0 atom stereocenters. The minimum atomic E-state index is -0.229. The molecule has 5 nitrogen and oxygen atoms in total. The second-order valence-electron chi connectivity index (χ2n) is 5.95. The van der Waals surface area contributed by atoms with Gasteiger partial charge in [-0.1, -0.05) is 13.8 Å². The summed E-state index contributed by atoms with van der Waals surface area (Å²) in [5.41, 5.74) is 2.02.